The third kappa shape index (κ3) is 3.08. The van der Waals surface area contributed by atoms with Crippen molar-refractivity contribution in [3.05, 3.63) is 35.5 Å². The van der Waals surface area contributed by atoms with Gasteiger partial charge in [-0.2, -0.15) is 0 Å². The summed E-state index contributed by atoms with van der Waals surface area (Å²) >= 11 is 6.07. The fourth-order valence-corrected chi connectivity index (χ4v) is 2.08. The zero-order valence-corrected chi connectivity index (χ0v) is 12.5. The van der Waals surface area contributed by atoms with Crippen LogP contribution in [0.2, 0.25) is 5.02 Å². The Balaban J connectivity index is 2.37. The summed E-state index contributed by atoms with van der Waals surface area (Å²) in [6.07, 6.45) is 1.68. The van der Waals surface area contributed by atoms with Gasteiger partial charge in [0.05, 0.1) is 17.2 Å². The number of anilines is 1. The smallest absolute Gasteiger partial charge is 0.241 e. The molecule has 0 unspecified atom stereocenters. The number of carbonyl (C=O) groups is 1. The van der Waals surface area contributed by atoms with Crippen molar-refractivity contribution in [2.45, 2.75) is 26.8 Å². The number of amides is 1. The molecule has 0 bridgehead atoms. The number of carbonyl (C=O) groups excluding carboxylic acids is 1. The third-order valence-electron chi connectivity index (χ3n) is 3.14. The van der Waals surface area contributed by atoms with Crippen LogP contribution in [-0.4, -0.2) is 16.9 Å². The lowest BCUT2D eigenvalue weighted by Gasteiger charge is -2.26. The van der Waals surface area contributed by atoms with Crippen molar-refractivity contribution in [3.63, 3.8) is 0 Å². The molecule has 1 amide bonds. The van der Waals surface area contributed by atoms with E-state index in [1.165, 1.54) is 0 Å². The Morgan fingerprint density at radius 2 is 2.10 bits per heavy atom. The number of nitrogens with two attached hydrogens (primary N) is 1. The molecule has 4 nitrogen and oxygen atoms in total. The molecule has 5 heteroatoms. The van der Waals surface area contributed by atoms with Crippen LogP contribution in [0.25, 0.3) is 10.9 Å². The lowest BCUT2D eigenvalue weighted by atomic mass is 9.87. The van der Waals surface area contributed by atoms with E-state index in [1.807, 2.05) is 39.0 Å². The fourth-order valence-electron chi connectivity index (χ4n) is 1.85. The quantitative estimate of drug-likeness (QED) is 0.893. The third-order valence-corrected chi connectivity index (χ3v) is 3.36. The molecule has 0 spiro atoms. The van der Waals surface area contributed by atoms with E-state index >= 15 is 0 Å². The standard InChI is InChI=1S/C15H18ClN3O/c1-15(2,3)13(17)14(20)19-11-8-10(16)7-9-5-4-6-18-12(9)11/h4-8,13H,17H2,1-3H3,(H,19,20)/t13-/m1/s1. The van der Waals surface area contributed by atoms with Crippen LogP contribution >= 0.6 is 11.6 Å². The minimum Gasteiger partial charge on any atom is -0.323 e. The van der Waals surface area contributed by atoms with Crippen LogP contribution in [0.15, 0.2) is 30.5 Å². The Hall–Kier alpha value is -1.65. The maximum Gasteiger partial charge on any atom is 0.241 e. The van der Waals surface area contributed by atoms with Gasteiger partial charge in [0, 0.05) is 16.6 Å². The van der Waals surface area contributed by atoms with Crippen LogP contribution in [0.1, 0.15) is 20.8 Å². The van der Waals surface area contributed by atoms with Gasteiger partial charge in [0.15, 0.2) is 0 Å². The second-order valence-corrected chi connectivity index (χ2v) is 6.30. The number of fused-ring (bicyclic) bond motifs is 1. The molecule has 0 aliphatic carbocycles. The van der Waals surface area contributed by atoms with Crippen molar-refractivity contribution >= 4 is 34.1 Å². The van der Waals surface area contributed by atoms with Gasteiger partial charge in [-0.05, 0) is 23.6 Å². The van der Waals surface area contributed by atoms with Gasteiger partial charge < -0.3 is 11.1 Å². The van der Waals surface area contributed by atoms with Gasteiger partial charge in [-0.25, -0.2) is 0 Å². The number of rotatable bonds is 2. The van der Waals surface area contributed by atoms with E-state index in [9.17, 15) is 4.79 Å². The van der Waals surface area contributed by atoms with Gasteiger partial charge in [0.1, 0.15) is 0 Å². The van der Waals surface area contributed by atoms with Crippen LogP contribution in [0.3, 0.4) is 0 Å². The number of hydrogen-bond donors (Lipinski definition) is 2. The minimum atomic E-state index is -0.611. The van der Waals surface area contributed by atoms with Crippen LogP contribution in [0, 0.1) is 5.41 Å². The number of nitrogens with zero attached hydrogens (tertiary/aromatic N) is 1. The lowest BCUT2D eigenvalue weighted by Crippen LogP contribution is -2.45. The molecule has 1 heterocycles. The minimum absolute atomic E-state index is 0.244. The summed E-state index contributed by atoms with van der Waals surface area (Å²) < 4.78 is 0. The number of nitrogens with one attached hydrogen (secondary N) is 1. The first kappa shape index (κ1) is 14.8. The molecule has 2 aromatic rings. The van der Waals surface area contributed by atoms with E-state index in [0.29, 0.717) is 16.2 Å². The molecule has 1 aromatic heterocycles. The monoisotopic (exact) mass is 291 g/mol. The van der Waals surface area contributed by atoms with Crippen molar-refractivity contribution in [2.24, 2.45) is 11.1 Å². The molecular formula is C15H18ClN3O. The molecule has 0 aliphatic heterocycles. The molecule has 1 aromatic carbocycles. The summed E-state index contributed by atoms with van der Waals surface area (Å²) in [4.78, 5) is 16.5. The Morgan fingerprint density at radius 1 is 1.40 bits per heavy atom. The van der Waals surface area contributed by atoms with Gasteiger partial charge in [0.2, 0.25) is 5.91 Å². The zero-order chi connectivity index (χ0) is 14.9. The molecule has 0 radical (unpaired) electrons. The van der Waals surface area contributed by atoms with Gasteiger partial charge in [-0.3, -0.25) is 9.78 Å². The topological polar surface area (TPSA) is 68.0 Å². The van der Waals surface area contributed by atoms with Crippen molar-refractivity contribution in [1.82, 2.24) is 4.98 Å². The molecule has 20 heavy (non-hydrogen) atoms. The number of hydrogen-bond acceptors (Lipinski definition) is 3. The van der Waals surface area contributed by atoms with Gasteiger partial charge in [-0.15, -0.1) is 0 Å². The maximum absolute atomic E-state index is 12.2. The normalized spacial score (nSPS) is 13.2. The summed E-state index contributed by atoms with van der Waals surface area (Å²) in [5.74, 6) is -0.244. The summed E-state index contributed by atoms with van der Waals surface area (Å²) in [6, 6.07) is 6.60. The SMILES string of the molecule is CC(C)(C)[C@H](N)C(=O)Nc1cc(Cl)cc2cccnc12. The highest BCUT2D eigenvalue weighted by Gasteiger charge is 2.27. The van der Waals surface area contributed by atoms with E-state index in [1.54, 1.807) is 12.3 Å². The van der Waals surface area contributed by atoms with Crippen LogP contribution in [-0.2, 0) is 4.79 Å². The largest absolute Gasteiger partial charge is 0.323 e. The van der Waals surface area contributed by atoms with Crippen LogP contribution < -0.4 is 11.1 Å². The van der Waals surface area contributed by atoms with Gasteiger partial charge in [-0.1, -0.05) is 38.4 Å². The fraction of sp³-hybridized carbons (Fsp3) is 0.333. The second kappa shape index (κ2) is 5.38. The molecule has 0 aliphatic rings. The first-order chi connectivity index (χ1) is 9.29. The number of benzene rings is 1. The summed E-state index contributed by atoms with van der Waals surface area (Å²) in [5.41, 5.74) is 6.93. The predicted molar refractivity (Wildman–Crippen MR) is 82.8 cm³/mol. The summed E-state index contributed by atoms with van der Waals surface area (Å²) in [7, 11) is 0. The number of halogens is 1. The van der Waals surface area contributed by atoms with Gasteiger partial charge in [0.25, 0.3) is 0 Å². The van der Waals surface area contributed by atoms with Crippen molar-refractivity contribution in [3.8, 4) is 0 Å². The van der Waals surface area contributed by atoms with Crippen molar-refractivity contribution < 1.29 is 4.79 Å². The van der Waals surface area contributed by atoms with Crippen molar-refractivity contribution in [2.75, 3.05) is 5.32 Å². The summed E-state index contributed by atoms with van der Waals surface area (Å²) in [5, 5.41) is 4.24. The van der Waals surface area contributed by atoms with E-state index in [4.69, 9.17) is 17.3 Å². The molecule has 106 valence electrons. The molecule has 0 saturated carbocycles. The first-order valence-electron chi connectivity index (χ1n) is 6.40. The highest BCUT2D eigenvalue weighted by atomic mass is 35.5. The molecule has 3 N–H and O–H groups in total. The lowest BCUT2D eigenvalue weighted by molar-refractivity contribution is -0.119. The highest BCUT2D eigenvalue weighted by Crippen LogP contribution is 2.27. The van der Waals surface area contributed by atoms with Crippen LogP contribution in [0.4, 0.5) is 5.69 Å². The Bertz CT molecular complexity index is 649. The average molecular weight is 292 g/mol. The maximum atomic E-state index is 12.2. The Kier molecular flexibility index (Phi) is 3.97. The first-order valence-corrected chi connectivity index (χ1v) is 6.77. The van der Waals surface area contributed by atoms with Crippen molar-refractivity contribution in [1.29, 1.82) is 0 Å². The van der Waals surface area contributed by atoms with E-state index in [-0.39, 0.29) is 11.3 Å². The molecule has 0 saturated heterocycles. The molecule has 1 atom stereocenters. The van der Waals surface area contributed by atoms with Crippen LogP contribution in [0.5, 0.6) is 0 Å². The average Bonchev–Trinajstić information content (AvgIpc) is 2.36. The van der Waals surface area contributed by atoms with E-state index in [2.05, 4.69) is 10.3 Å². The zero-order valence-electron chi connectivity index (χ0n) is 11.8. The van der Waals surface area contributed by atoms with Gasteiger partial charge >= 0.3 is 0 Å². The van der Waals surface area contributed by atoms with E-state index < -0.39 is 6.04 Å². The number of aromatic nitrogens is 1. The van der Waals surface area contributed by atoms with E-state index in [0.717, 1.165) is 5.39 Å². The molecule has 0 fully saturated rings. The summed E-state index contributed by atoms with van der Waals surface area (Å²) in [6.45, 7) is 5.77. The highest BCUT2D eigenvalue weighted by molar-refractivity contribution is 6.32. The Labute approximate surface area is 123 Å². The molecular weight excluding hydrogens is 274 g/mol. The molecule has 2 rings (SSSR count). The predicted octanol–water partition coefficient (Wildman–Crippen LogP) is 3.20. The Morgan fingerprint density at radius 3 is 2.75 bits per heavy atom. The number of pyridine rings is 1. The second-order valence-electron chi connectivity index (χ2n) is 5.86.